The van der Waals surface area contributed by atoms with E-state index in [9.17, 15) is 4.39 Å². The molecule has 1 aromatic carbocycles. The Balaban J connectivity index is 1.76. The van der Waals surface area contributed by atoms with E-state index < -0.39 is 0 Å². The van der Waals surface area contributed by atoms with Crippen molar-refractivity contribution in [1.82, 2.24) is 4.90 Å². The predicted octanol–water partition coefficient (Wildman–Crippen LogP) is 4.07. The van der Waals surface area contributed by atoms with Crippen LogP contribution >= 0.6 is 11.8 Å². The highest BCUT2D eigenvalue weighted by Crippen LogP contribution is 2.53. The fraction of sp³-hybridized carbons (Fsp3) is 0.312. The van der Waals surface area contributed by atoms with Crippen LogP contribution in [0, 0.1) is 11.7 Å². The fourth-order valence-electron chi connectivity index (χ4n) is 3.14. The summed E-state index contributed by atoms with van der Waals surface area (Å²) in [6.07, 6.45) is 4.07. The molecule has 0 bridgehead atoms. The Morgan fingerprint density at radius 1 is 1.29 bits per heavy atom. The van der Waals surface area contributed by atoms with Gasteiger partial charge in [-0.25, -0.2) is 4.39 Å². The number of amidine groups is 1. The second-order valence-corrected chi connectivity index (χ2v) is 6.67. The summed E-state index contributed by atoms with van der Waals surface area (Å²) in [5.41, 5.74) is 2.65. The molecule has 0 unspecified atom stereocenters. The van der Waals surface area contributed by atoms with E-state index in [4.69, 9.17) is 4.42 Å². The number of aliphatic imine (C=N–C) groups is 1. The number of furan rings is 1. The molecule has 21 heavy (non-hydrogen) atoms. The summed E-state index contributed by atoms with van der Waals surface area (Å²) in [7, 11) is 0. The van der Waals surface area contributed by atoms with Crippen LogP contribution in [0.2, 0.25) is 0 Å². The lowest BCUT2D eigenvalue weighted by Gasteiger charge is -2.18. The maximum Gasteiger partial charge on any atom is 0.170 e. The molecule has 0 N–H and O–H groups in total. The van der Waals surface area contributed by atoms with Crippen LogP contribution in [0.1, 0.15) is 18.4 Å². The smallest absolute Gasteiger partial charge is 0.170 e. The quantitative estimate of drug-likeness (QED) is 0.837. The summed E-state index contributed by atoms with van der Waals surface area (Å²) in [6, 6.07) is 5.25. The van der Waals surface area contributed by atoms with Crippen molar-refractivity contribution < 1.29 is 8.81 Å². The second-order valence-electron chi connectivity index (χ2n) is 5.66. The third-order valence-corrected chi connectivity index (χ3v) is 5.56. The minimum absolute atomic E-state index is 0.298. The van der Waals surface area contributed by atoms with Gasteiger partial charge in [-0.15, -0.1) is 0 Å². The van der Waals surface area contributed by atoms with Gasteiger partial charge in [0.05, 0.1) is 18.5 Å². The molecule has 5 rings (SSSR count). The lowest BCUT2D eigenvalue weighted by molar-refractivity contribution is 0.560. The molecule has 5 heteroatoms. The first kappa shape index (κ1) is 11.9. The number of hydrogen-bond donors (Lipinski definition) is 0. The Bertz CT molecular complexity index is 819. The van der Waals surface area contributed by atoms with Crippen molar-refractivity contribution in [1.29, 1.82) is 0 Å². The van der Waals surface area contributed by atoms with Crippen molar-refractivity contribution in [2.24, 2.45) is 10.9 Å². The maximum atomic E-state index is 13.9. The molecule has 0 spiro atoms. The zero-order chi connectivity index (χ0) is 14.0. The Labute approximate surface area is 125 Å². The molecule has 1 aromatic heterocycles. The Morgan fingerprint density at radius 3 is 3.05 bits per heavy atom. The molecule has 0 radical (unpaired) electrons. The van der Waals surface area contributed by atoms with E-state index in [-0.39, 0.29) is 5.82 Å². The highest BCUT2D eigenvalue weighted by atomic mass is 32.2. The standard InChI is InChI=1S/C16H13FN2OS/c17-12-4-3-10(11-5-8-20-14(11)12)13-15(9-1-2-9)21-16-18-6-7-19(13)16/h3-5,8-9H,1-2,6-7H2. The summed E-state index contributed by atoms with van der Waals surface area (Å²) >= 11 is 1.80. The summed E-state index contributed by atoms with van der Waals surface area (Å²) in [5, 5.41) is 1.96. The van der Waals surface area contributed by atoms with Crippen LogP contribution in [-0.4, -0.2) is 23.2 Å². The van der Waals surface area contributed by atoms with Crippen molar-refractivity contribution in [2.45, 2.75) is 12.8 Å². The normalized spacial score (nSPS) is 21.4. The summed E-state index contributed by atoms with van der Waals surface area (Å²) < 4.78 is 19.2. The zero-order valence-corrected chi connectivity index (χ0v) is 12.1. The molecule has 2 aromatic rings. The Hall–Kier alpha value is -1.75. The fourth-order valence-corrected chi connectivity index (χ4v) is 4.50. The van der Waals surface area contributed by atoms with Crippen LogP contribution in [-0.2, 0) is 0 Å². The van der Waals surface area contributed by atoms with Gasteiger partial charge in [-0.3, -0.25) is 4.99 Å². The predicted molar refractivity (Wildman–Crippen MR) is 82.4 cm³/mol. The van der Waals surface area contributed by atoms with Gasteiger partial charge in [0.15, 0.2) is 16.6 Å². The molecule has 0 saturated heterocycles. The van der Waals surface area contributed by atoms with Crippen molar-refractivity contribution >= 4 is 33.6 Å². The Kier molecular flexibility index (Phi) is 2.33. The number of halogens is 1. The molecule has 0 atom stereocenters. The summed E-state index contributed by atoms with van der Waals surface area (Å²) in [6.45, 7) is 1.77. The van der Waals surface area contributed by atoms with Gasteiger partial charge in [0.1, 0.15) is 0 Å². The van der Waals surface area contributed by atoms with E-state index in [2.05, 4.69) is 9.89 Å². The van der Waals surface area contributed by atoms with Crippen LogP contribution in [0.15, 0.2) is 38.8 Å². The largest absolute Gasteiger partial charge is 0.461 e. The molecule has 3 aliphatic rings. The van der Waals surface area contributed by atoms with Crippen molar-refractivity contribution in [3.63, 3.8) is 0 Å². The molecule has 3 heterocycles. The van der Waals surface area contributed by atoms with Crippen LogP contribution in [0.25, 0.3) is 16.7 Å². The third kappa shape index (κ3) is 1.64. The maximum absolute atomic E-state index is 13.9. The molecule has 106 valence electrons. The van der Waals surface area contributed by atoms with E-state index in [1.165, 1.54) is 29.5 Å². The van der Waals surface area contributed by atoms with E-state index >= 15 is 0 Å². The molecular formula is C16H13FN2OS. The minimum atomic E-state index is -0.298. The number of rotatable bonds is 2. The number of thioether (sulfide) groups is 1. The molecule has 1 aliphatic carbocycles. The van der Waals surface area contributed by atoms with Crippen LogP contribution < -0.4 is 0 Å². The number of benzene rings is 1. The van der Waals surface area contributed by atoms with Crippen LogP contribution in [0.5, 0.6) is 0 Å². The third-order valence-electron chi connectivity index (χ3n) is 4.28. The van der Waals surface area contributed by atoms with Crippen molar-refractivity contribution in [3.05, 3.63) is 40.7 Å². The van der Waals surface area contributed by atoms with Gasteiger partial charge in [0, 0.05) is 22.4 Å². The first-order chi connectivity index (χ1) is 10.3. The zero-order valence-electron chi connectivity index (χ0n) is 11.3. The minimum Gasteiger partial charge on any atom is -0.461 e. The molecule has 1 fully saturated rings. The number of allylic oxidation sites excluding steroid dienone is 1. The monoisotopic (exact) mass is 300 g/mol. The van der Waals surface area contributed by atoms with Gasteiger partial charge in [0.2, 0.25) is 0 Å². The molecular weight excluding hydrogens is 287 g/mol. The highest BCUT2D eigenvalue weighted by Gasteiger charge is 2.40. The number of fused-ring (bicyclic) bond motifs is 2. The SMILES string of the molecule is Fc1ccc(C2=C(C3CC3)SC3=NCCN32)c2ccoc12. The lowest BCUT2D eigenvalue weighted by Crippen LogP contribution is -2.20. The average molecular weight is 300 g/mol. The van der Waals surface area contributed by atoms with Gasteiger partial charge in [0.25, 0.3) is 0 Å². The lowest BCUT2D eigenvalue weighted by atomic mass is 10.0. The molecule has 2 aliphatic heterocycles. The second kappa shape index (κ2) is 4.13. The van der Waals surface area contributed by atoms with E-state index in [0.29, 0.717) is 11.5 Å². The van der Waals surface area contributed by atoms with Crippen LogP contribution in [0.3, 0.4) is 0 Å². The number of nitrogens with zero attached hydrogens (tertiary/aromatic N) is 2. The summed E-state index contributed by atoms with van der Waals surface area (Å²) in [4.78, 5) is 8.28. The molecule has 1 saturated carbocycles. The first-order valence-electron chi connectivity index (χ1n) is 7.23. The van der Waals surface area contributed by atoms with E-state index in [0.717, 1.165) is 29.2 Å². The van der Waals surface area contributed by atoms with Crippen LogP contribution in [0.4, 0.5) is 4.39 Å². The topological polar surface area (TPSA) is 28.7 Å². The van der Waals surface area contributed by atoms with Crippen molar-refractivity contribution in [3.8, 4) is 0 Å². The summed E-state index contributed by atoms with van der Waals surface area (Å²) in [5.74, 6) is 0.360. The van der Waals surface area contributed by atoms with E-state index in [1.807, 2.05) is 12.1 Å². The molecule has 0 amide bonds. The van der Waals surface area contributed by atoms with Gasteiger partial charge < -0.3 is 9.32 Å². The van der Waals surface area contributed by atoms with E-state index in [1.54, 1.807) is 18.0 Å². The molecule has 3 nitrogen and oxygen atoms in total. The van der Waals surface area contributed by atoms with Gasteiger partial charge >= 0.3 is 0 Å². The highest BCUT2D eigenvalue weighted by molar-refractivity contribution is 8.17. The van der Waals surface area contributed by atoms with Gasteiger partial charge in [-0.1, -0.05) is 11.8 Å². The van der Waals surface area contributed by atoms with Gasteiger partial charge in [-0.2, -0.15) is 0 Å². The number of hydrogen-bond acceptors (Lipinski definition) is 4. The Morgan fingerprint density at radius 2 is 2.19 bits per heavy atom. The van der Waals surface area contributed by atoms with Gasteiger partial charge in [-0.05, 0) is 37.0 Å². The average Bonchev–Trinajstić information content (AvgIpc) is 2.90. The van der Waals surface area contributed by atoms with Crippen molar-refractivity contribution in [2.75, 3.05) is 13.1 Å². The first-order valence-corrected chi connectivity index (χ1v) is 8.04.